The number of rotatable bonds is 6. The monoisotopic (exact) mass is 225 g/mol. The van der Waals surface area contributed by atoms with Crippen LogP contribution in [0.4, 0.5) is 0 Å². The molecule has 8 N–H and O–H groups in total. The first kappa shape index (κ1) is 14.2. The summed E-state index contributed by atoms with van der Waals surface area (Å²) in [5, 5.41) is 53.6. The molecular weight excluding hydrogens is 210 g/mol. The molecule has 0 saturated heterocycles. The molecular formula is C7H15NO7. The minimum absolute atomic E-state index is 0.850. The van der Waals surface area contributed by atoms with Crippen molar-refractivity contribution < 1.29 is 35.4 Å². The van der Waals surface area contributed by atoms with Gasteiger partial charge in [-0.3, -0.25) is 4.79 Å². The number of carbonyl (C=O) groups excluding carboxylic acids is 1. The van der Waals surface area contributed by atoms with E-state index in [-0.39, 0.29) is 0 Å². The van der Waals surface area contributed by atoms with Crippen molar-refractivity contribution >= 4 is 5.91 Å². The van der Waals surface area contributed by atoms with E-state index in [1.54, 1.807) is 0 Å². The Hall–Kier alpha value is -0.770. The van der Waals surface area contributed by atoms with Crippen LogP contribution in [0.5, 0.6) is 0 Å². The fourth-order valence-electron chi connectivity index (χ4n) is 0.893. The van der Waals surface area contributed by atoms with Crippen molar-refractivity contribution in [1.29, 1.82) is 0 Å². The van der Waals surface area contributed by atoms with Gasteiger partial charge in [-0.05, 0) is 0 Å². The number of nitrogens with two attached hydrogens (primary N) is 1. The molecule has 0 aliphatic heterocycles. The van der Waals surface area contributed by atoms with Crippen molar-refractivity contribution in [3.8, 4) is 0 Å². The SMILES string of the molecule is NC(=O)[C@H](O)[C@H](O)[C@@H](O)[C@H](O)[C@@H](O)CO. The molecule has 0 unspecified atom stereocenters. The molecule has 0 aliphatic carbocycles. The number of hydrogen-bond donors (Lipinski definition) is 7. The quantitative estimate of drug-likeness (QED) is 0.238. The third kappa shape index (κ3) is 3.70. The summed E-state index contributed by atoms with van der Waals surface area (Å²) < 4.78 is 0. The summed E-state index contributed by atoms with van der Waals surface area (Å²) in [6.45, 7) is -0.850. The molecule has 1 amide bonds. The molecule has 90 valence electrons. The lowest BCUT2D eigenvalue weighted by atomic mass is 9.99. The lowest BCUT2D eigenvalue weighted by Gasteiger charge is -2.27. The Balaban J connectivity index is 4.42. The van der Waals surface area contributed by atoms with Gasteiger partial charge in [0.1, 0.15) is 24.4 Å². The topological polar surface area (TPSA) is 164 Å². The van der Waals surface area contributed by atoms with E-state index in [4.69, 9.17) is 30.6 Å². The highest BCUT2D eigenvalue weighted by Gasteiger charge is 2.36. The molecule has 0 rings (SSSR count). The molecule has 0 aromatic heterocycles. The van der Waals surface area contributed by atoms with E-state index < -0.39 is 43.0 Å². The van der Waals surface area contributed by atoms with Gasteiger partial charge in [0.05, 0.1) is 6.61 Å². The number of aliphatic hydroxyl groups is 6. The van der Waals surface area contributed by atoms with Crippen LogP contribution in [0.3, 0.4) is 0 Å². The van der Waals surface area contributed by atoms with Gasteiger partial charge in [0, 0.05) is 0 Å². The van der Waals surface area contributed by atoms with Crippen molar-refractivity contribution in [3.05, 3.63) is 0 Å². The molecule has 15 heavy (non-hydrogen) atoms. The molecule has 8 nitrogen and oxygen atoms in total. The van der Waals surface area contributed by atoms with Crippen molar-refractivity contribution in [2.45, 2.75) is 30.5 Å². The summed E-state index contributed by atoms with van der Waals surface area (Å²) in [7, 11) is 0. The predicted molar refractivity (Wildman–Crippen MR) is 46.3 cm³/mol. The van der Waals surface area contributed by atoms with Gasteiger partial charge in [-0.15, -0.1) is 0 Å². The van der Waals surface area contributed by atoms with Gasteiger partial charge >= 0.3 is 0 Å². The van der Waals surface area contributed by atoms with Gasteiger partial charge in [-0.25, -0.2) is 0 Å². The number of carbonyl (C=O) groups is 1. The average Bonchev–Trinajstić information content (AvgIpc) is 2.23. The highest BCUT2D eigenvalue weighted by molar-refractivity contribution is 5.79. The molecule has 0 aromatic carbocycles. The highest BCUT2D eigenvalue weighted by atomic mass is 16.4. The first-order chi connectivity index (χ1) is 6.82. The standard InChI is InChI=1S/C7H15NO7/c8-7(15)6(14)5(13)4(12)3(11)2(10)1-9/h2-6,9-14H,1H2,(H2,8,15)/t2-,3+,4-,5+,6+/m0/s1. The number of aliphatic hydroxyl groups excluding tert-OH is 6. The van der Waals surface area contributed by atoms with Crippen molar-refractivity contribution in [3.63, 3.8) is 0 Å². The second-order valence-electron chi connectivity index (χ2n) is 3.07. The van der Waals surface area contributed by atoms with Crippen molar-refractivity contribution in [1.82, 2.24) is 0 Å². The Labute approximate surface area is 85.2 Å². The van der Waals surface area contributed by atoms with E-state index in [1.807, 2.05) is 0 Å². The maximum atomic E-state index is 10.4. The summed E-state index contributed by atoms with van der Waals surface area (Å²) >= 11 is 0. The van der Waals surface area contributed by atoms with Crippen LogP contribution in [-0.4, -0.2) is 73.7 Å². The zero-order chi connectivity index (χ0) is 12.2. The van der Waals surface area contributed by atoms with E-state index in [2.05, 4.69) is 5.73 Å². The normalized spacial score (nSPS) is 21.5. The van der Waals surface area contributed by atoms with E-state index in [1.165, 1.54) is 0 Å². The van der Waals surface area contributed by atoms with Gasteiger partial charge in [-0.1, -0.05) is 0 Å². The number of amides is 1. The Kier molecular flexibility index (Phi) is 5.65. The lowest BCUT2D eigenvalue weighted by Crippen LogP contribution is -2.53. The minimum Gasteiger partial charge on any atom is -0.394 e. The first-order valence-electron chi connectivity index (χ1n) is 4.13. The molecule has 0 radical (unpaired) electrons. The molecule has 0 fully saturated rings. The molecule has 5 atom stereocenters. The smallest absolute Gasteiger partial charge is 0.249 e. The van der Waals surface area contributed by atoms with Gasteiger partial charge in [0.25, 0.3) is 0 Å². The lowest BCUT2D eigenvalue weighted by molar-refractivity contribution is -0.154. The van der Waals surface area contributed by atoms with Crippen LogP contribution in [0.1, 0.15) is 0 Å². The Morgan fingerprint density at radius 3 is 1.80 bits per heavy atom. The zero-order valence-electron chi connectivity index (χ0n) is 7.76. The van der Waals surface area contributed by atoms with Crippen LogP contribution in [0.15, 0.2) is 0 Å². The van der Waals surface area contributed by atoms with Crippen molar-refractivity contribution in [2.75, 3.05) is 6.61 Å². The van der Waals surface area contributed by atoms with Gasteiger partial charge in [-0.2, -0.15) is 0 Å². The molecule has 0 bridgehead atoms. The largest absolute Gasteiger partial charge is 0.394 e. The fraction of sp³-hybridized carbons (Fsp3) is 0.857. The molecule has 8 heteroatoms. The summed E-state index contributed by atoms with van der Waals surface area (Å²) in [5.74, 6) is -1.28. The van der Waals surface area contributed by atoms with E-state index in [9.17, 15) is 4.79 Å². The Bertz CT molecular complexity index is 212. The van der Waals surface area contributed by atoms with Crippen LogP contribution in [0.25, 0.3) is 0 Å². The summed E-state index contributed by atoms with van der Waals surface area (Å²) in [6.07, 6.45) is -9.72. The van der Waals surface area contributed by atoms with Crippen LogP contribution in [-0.2, 0) is 4.79 Å². The molecule has 0 aliphatic rings. The van der Waals surface area contributed by atoms with Gasteiger partial charge < -0.3 is 36.4 Å². The minimum atomic E-state index is -2.07. The van der Waals surface area contributed by atoms with Crippen LogP contribution >= 0.6 is 0 Å². The van der Waals surface area contributed by atoms with E-state index in [0.717, 1.165) is 0 Å². The van der Waals surface area contributed by atoms with Crippen LogP contribution in [0.2, 0.25) is 0 Å². The third-order valence-electron chi connectivity index (χ3n) is 1.90. The molecule has 0 aromatic rings. The number of primary amides is 1. The average molecular weight is 225 g/mol. The molecule has 0 heterocycles. The van der Waals surface area contributed by atoms with Gasteiger partial charge in [0.15, 0.2) is 6.10 Å². The van der Waals surface area contributed by atoms with E-state index in [0.29, 0.717) is 0 Å². The second-order valence-corrected chi connectivity index (χ2v) is 3.07. The van der Waals surface area contributed by atoms with Crippen LogP contribution < -0.4 is 5.73 Å². The van der Waals surface area contributed by atoms with Crippen LogP contribution in [0, 0.1) is 0 Å². The Morgan fingerprint density at radius 1 is 1.00 bits per heavy atom. The summed E-state index contributed by atoms with van der Waals surface area (Å²) in [4.78, 5) is 10.4. The maximum absolute atomic E-state index is 10.4. The Morgan fingerprint density at radius 2 is 1.47 bits per heavy atom. The maximum Gasteiger partial charge on any atom is 0.249 e. The zero-order valence-corrected chi connectivity index (χ0v) is 7.76. The predicted octanol–water partition coefficient (Wildman–Crippen LogP) is -4.73. The molecule has 0 spiro atoms. The van der Waals surface area contributed by atoms with E-state index >= 15 is 0 Å². The van der Waals surface area contributed by atoms with Gasteiger partial charge in [0.2, 0.25) is 5.91 Å². The second kappa shape index (κ2) is 5.95. The first-order valence-corrected chi connectivity index (χ1v) is 4.13. The fourth-order valence-corrected chi connectivity index (χ4v) is 0.893. The molecule has 0 saturated carbocycles. The number of hydrogen-bond acceptors (Lipinski definition) is 7. The highest BCUT2D eigenvalue weighted by Crippen LogP contribution is 2.08. The van der Waals surface area contributed by atoms with Crippen molar-refractivity contribution in [2.24, 2.45) is 5.73 Å². The third-order valence-corrected chi connectivity index (χ3v) is 1.90. The summed E-state index contributed by atoms with van der Waals surface area (Å²) in [6, 6.07) is 0. The summed E-state index contributed by atoms with van der Waals surface area (Å²) in [5.41, 5.74) is 4.63.